The van der Waals surface area contributed by atoms with Gasteiger partial charge in [-0.2, -0.15) is 0 Å². The Morgan fingerprint density at radius 1 is 1.21 bits per heavy atom. The maximum absolute atomic E-state index is 11.9. The molecule has 162 valence electrons. The summed E-state index contributed by atoms with van der Waals surface area (Å²) in [4.78, 5) is 29.4. The van der Waals surface area contributed by atoms with Gasteiger partial charge in [-0.3, -0.25) is 19.5 Å². The van der Waals surface area contributed by atoms with Gasteiger partial charge in [0.05, 0.1) is 6.54 Å². The molecule has 0 saturated carbocycles. The number of nitrogens with zero attached hydrogens (tertiary/aromatic N) is 2. The zero-order valence-corrected chi connectivity index (χ0v) is 19.9. The number of rotatable bonds is 7. The number of guanidine groups is 1. The molecule has 2 amide bonds. The first-order chi connectivity index (χ1) is 13.3. The van der Waals surface area contributed by atoms with E-state index in [-0.39, 0.29) is 36.4 Å². The van der Waals surface area contributed by atoms with Crippen molar-refractivity contribution in [3.63, 3.8) is 0 Å². The molecule has 9 heteroatoms. The molecule has 0 aliphatic carbocycles. The highest BCUT2D eigenvalue weighted by molar-refractivity contribution is 14.0. The van der Waals surface area contributed by atoms with Crippen molar-refractivity contribution in [3.8, 4) is 0 Å². The quantitative estimate of drug-likeness (QED) is 0.245. The third-order valence-corrected chi connectivity index (χ3v) is 5.02. The average Bonchev–Trinajstić information content (AvgIpc) is 3.04. The molecule has 0 aromatic heterocycles. The molecule has 2 rings (SSSR count). The molecule has 29 heavy (non-hydrogen) atoms. The standard InChI is InChI=1S/C20H32N6O2.HI/c1-13(2)26-11-14(3)17(12-26)25-20(22-4)24-9-15-5-7-16(8-6-15)19(28)23-10-18(21)27;/h5-8,13-14,17H,9-12H2,1-4H3,(H2,21,27)(H,23,28)(H2,22,24,25);1H. The van der Waals surface area contributed by atoms with Crippen molar-refractivity contribution >= 4 is 41.8 Å². The maximum atomic E-state index is 11.9. The molecule has 2 unspecified atom stereocenters. The van der Waals surface area contributed by atoms with Crippen molar-refractivity contribution in [1.29, 1.82) is 0 Å². The summed E-state index contributed by atoms with van der Waals surface area (Å²) >= 11 is 0. The number of hydrogen-bond acceptors (Lipinski definition) is 4. The fraction of sp³-hybridized carbons (Fsp3) is 0.550. The maximum Gasteiger partial charge on any atom is 0.251 e. The molecular formula is C20H33IN6O2. The van der Waals surface area contributed by atoms with Crippen LogP contribution in [0.5, 0.6) is 0 Å². The van der Waals surface area contributed by atoms with Gasteiger partial charge in [-0.15, -0.1) is 24.0 Å². The van der Waals surface area contributed by atoms with Crippen molar-refractivity contribution in [3.05, 3.63) is 35.4 Å². The molecule has 5 N–H and O–H groups in total. The first-order valence-electron chi connectivity index (χ1n) is 9.66. The van der Waals surface area contributed by atoms with Gasteiger partial charge in [0.2, 0.25) is 5.91 Å². The number of likely N-dealkylation sites (tertiary alicyclic amines) is 1. The Morgan fingerprint density at radius 3 is 2.38 bits per heavy atom. The van der Waals surface area contributed by atoms with Gasteiger partial charge in [-0.25, -0.2) is 0 Å². The highest BCUT2D eigenvalue weighted by atomic mass is 127. The van der Waals surface area contributed by atoms with Crippen LogP contribution in [0.25, 0.3) is 0 Å². The Bertz CT molecular complexity index is 707. The van der Waals surface area contributed by atoms with E-state index in [4.69, 9.17) is 5.73 Å². The van der Waals surface area contributed by atoms with E-state index in [0.717, 1.165) is 24.6 Å². The van der Waals surface area contributed by atoms with Crippen LogP contribution in [-0.4, -0.2) is 61.4 Å². The number of carbonyl (C=O) groups excluding carboxylic acids is 2. The molecular weight excluding hydrogens is 483 g/mol. The van der Waals surface area contributed by atoms with Crippen molar-refractivity contribution in [2.75, 3.05) is 26.7 Å². The second-order valence-corrected chi connectivity index (χ2v) is 7.55. The van der Waals surface area contributed by atoms with Crippen LogP contribution in [0, 0.1) is 5.92 Å². The summed E-state index contributed by atoms with van der Waals surface area (Å²) < 4.78 is 0. The molecule has 1 fully saturated rings. The third-order valence-electron chi connectivity index (χ3n) is 5.02. The number of nitrogens with two attached hydrogens (primary N) is 1. The van der Waals surface area contributed by atoms with E-state index in [2.05, 4.69) is 46.6 Å². The summed E-state index contributed by atoms with van der Waals surface area (Å²) in [6, 6.07) is 8.11. The lowest BCUT2D eigenvalue weighted by atomic mass is 10.1. The van der Waals surface area contributed by atoms with Gasteiger partial charge in [-0.1, -0.05) is 19.1 Å². The topological polar surface area (TPSA) is 112 Å². The number of carbonyl (C=O) groups is 2. The molecule has 1 saturated heterocycles. The number of aliphatic imine (C=N–C) groups is 1. The fourth-order valence-electron chi connectivity index (χ4n) is 3.21. The molecule has 1 aliphatic heterocycles. The summed E-state index contributed by atoms with van der Waals surface area (Å²) in [5.74, 6) is 0.437. The zero-order chi connectivity index (χ0) is 20.7. The number of amides is 2. The molecule has 0 bridgehead atoms. The lowest BCUT2D eigenvalue weighted by Crippen LogP contribution is -2.46. The van der Waals surface area contributed by atoms with Gasteiger partial charge in [-0.05, 0) is 37.5 Å². The number of benzene rings is 1. The number of hydrogen-bond donors (Lipinski definition) is 4. The highest BCUT2D eigenvalue weighted by Crippen LogP contribution is 2.18. The summed E-state index contributed by atoms with van der Waals surface area (Å²) in [7, 11) is 1.77. The van der Waals surface area contributed by atoms with Crippen molar-refractivity contribution < 1.29 is 9.59 Å². The van der Waals surface area contributed by atoms with E-state index in [9.17, 15) is 9.59 Å². The van der Waals surface area contributed by atoms with Crippen LogP contribution >= 0.6 is 24.0 Å². The lowest BCUT2D eigenvalue weighted by molar-refractivity contribution is -0.117. The molecule has 1 heterocycles. The fourth-order valence-corrected chi connectivity index (χ4v) is 3.21. The minimum absolute atomic E-state index is 0. The molecule has 0 radical (unpaired) electrons. The third kappa shape index (κ3) is 7.81. The predicted octanol–water partition coefficient (Wildman–Crippen LogP) is 0.913. The van der Waals surface area contributed by atoms with Crippen molar-refractivity contribution in [1.82, 2.24) is 20.9 Å². The lowest BCUT2D eigenvalue weighted by Gasteiger charge is -2.22. The van der Waals surface area contributed by atoms with Gasteiger partial charge < -0.3 is 21.7 Å². The second kappa shape index (κ2) is 12.0. The monoisotopic (exact) mass is 516 g/mol. The summed E-state index contributed by atoms with van der Waals surface area (Å²) in [6.07, 6.45) is 0. The van der Waals surface area contributed by atoms with Crippen LogP contribution in [0.1, 0.15) is 36.7 Å². The summed E-state index contributed by atoms with van der Waals surface area (Å²) in [6.45, 7) is 9.23. The van der Waals surface area contributed by atoms with E-state index in [1.54, 1.807) is 19.2 Å². The minimum Gasteiger partial charge on any atom is -0.368 e. The first kappa shape index (κ1) is 25.2. The molecule has 1 aromatic carbocycles. The SMILES string of the molecule is CN=C(NCc1ccc(C(=O)NCC(N)=O)cc1)NC1CN(C(C)C)CC1C.I. The zero-order valence-electron chi connectivity index (χ0n) is 17.6. The van der Waals surface area contributed by atoms with E-state index < -0.39 is 5.91 Å². The molecule has 2 atom stereocenters. The summed E-state index contributed by atoms with van der Waals surface area (Å²) in [5, 5.41) is 9.31. The van der Waals surface area contributed by atoms with E-state index in [1.807, 2.05) is 12.1 Å². The van der Waals surface area contributed by atoms with Crippen LogP contribution in [0.3, 0.4) is 0 Å². The molecule has 1 aliphatic rings. The largest absolute Gasteiger partial charge is 0.368 e. The molecule has 8 nitrogen and oxygen atoms in total. The Kier molecular flexibility index (Phi) is 10.4. The van der Waals surface area contributed by atoms with Gasteiger partial charge in [0.1, 0.15) is 0 Å². The normalized spacial score (nSPS) is 19.6. The second-order valence-electron chi connectivity index (χ2n) is 7.55. The van der Waals surface area contributed by atoms with Gasteiger partial charge in [0, 0.05) is 44.3 Å². The van der Waals surface area contributed by atoms with Gasteiger partial charge in [0.15, 0.2) is 5.96 Å². The van der Waals surface area contributed by atoms with Crippen molar-refractivity contribution in [2.45, 2.75) is 39.4 Å². The van der Waals surface area contributed by atoms with E-state index in [1.165, 1.54) is 0 Å². The Balaban J connectivity index is 0.00000420. The number of nitrogens with one attached hydrogen (secondary N) is 3. The van der Waals surface area contributed by atoms with Crippen LogP contribution in [0.2, 0.25) is 0 Å². The smallest absolute Gasteiger partial charge is 0.251 e. The Labute approximate surface area is 190 Å². The Morgan fingerprint density at radius 2 is 1.86 bits per heavy atom. The van der Waals surface area contributed by atoms with Crippen LogP contribution in [0.4, 0.5) is 0 Å². The summed E-state index contributed by atoms with van der Waals surface area (Å²) in [5.41, 5.74) is 6.54. The minimum atomic E-state index is -0.568. The molecule has 1 aromatic rings. The van der Waals surface area contributed by atoms with E-state index >= 15 is 0 Å². The predicted molar refractivity (Wildman–Crippen MR) is 126 cm³/mol. The number of primary amides is 1. The average molecular weight is 516 g/mol. The number of halogens is 1. The highest BCUT2D eigenvalue weighted by Gasteiger charge is 2.31. The van der Waals surface area contributed by atoms with Crippen LogP contribution in [0.15, 0.2) is 29.3 Å². The molecule has 0 spiro atoms. The van der Waals surface area contributed by atoms with E-state index in [0.29, 0.717) is 30.1 Å². The van der Waals surface area contributed by atoms with Gasteiger partial charge in [0.25, 0.3) is 5.91 Å². The first-order valence-corrected chi connectivity index (χ1v) is 9.66. The van der Waals surface area contributed by atoms with Crippen molar-refractivity contribution in [2.24, 2.45) is 16.6 Å². The van der Waals surface area contributed by atoms with Crippen LogP contribution < -0.4 is 21.7 Å². The van der Waals surface area contributed by atoms with Crippen LogP contribution in [-0.2, 0) is 11.3 Å². The Hall–Kier alpha value is -1.88. The van der Waals surface area contributed by atoms with Gasteiger partial charge >= 0.3 is 0 Å².